The Kier molecular flexibility index (Phi) is 5.86. The van der Waals surface area contributed by atoms with Crippen LogP contribution in [0.1, 0.15) is 29.7 Å². The van der Waals surface area contributed by atoms with Crippen LogP contribution in [0.15, 0.2) is 63.8 Å². The normalized spacial score (nSPS) is 11.1. The van der Waals surface area contributed by atoms with Crippen molar-refractivity contribution in [2.75, 3.05) is 6.54 Å². The molecule has 0 fully saturated rings. The number of benzene rings is 2. The number of amides is 1. The lowest BCUT2D eigenvalue weighted by molar-refractivity contribution is 0.0707. The van der Waals surface area contributed by atoms with Gasteiger partial charge in [-0.25, -0.2) is 9.37 Å². The molecule has 6 nitrogen and oxygen atoms in total. The quantitative estimate of drug-likeness (QED) is 0.457. The van der Waals surface area contributed by atoms with Crippen LogP contribution < -0.4 is 5.56 Å². The number of rotatable bonds is 6. The van der Waals surface area contributed by atoms with Crippen molar-refractivity contribution < 1.29 is 13.6 Å². The molecule has 2 aromatic carbocycles. The number of hydrogen-bond acceptors (Lipinski definition) is 4. The van der Waals surface area contributed by atoms with E-state index in [9.17, 15) is 14.0 Å². The van der Waals surface area contributed by atoms with E-state index >= 15 is 0 Å². The van der Waals surface area contributed by atoms with Crippen molar-refractivity contribution in [3.05, 3.63) is 87.4 Å². The van der Waals surface area contributed by atoms with Crippen molar-refractivity contribution in [3.8, 4) is 11.3 Å². The van der Waals surface area contributed by atoms with E-state index in [0.717, 1.165) is 0 Å². The van der Waals surface area contributed by atoms with Gasteiger partial charge in [0.15, 0.2) is 5.76 Å². The van der Waals surface area contributed by atoms with Crippen LogP contribution in [-0.2, 0) is 6.54 Å². The number of halogens is 2. The summed E-state index contributed by atoms with van der Waals surface area (Å²) in [6, 6.07) is 13.9. The molecule has 1 N–H and O–H groups in total. The van der Waals surface area contributed by atoms with Crippen molar-refractivity contribution in [2.45, 2.75) is 19.9 Å². The van der Waals surface area contributed by atoms with Gasteiger partial charge in [-0.15, -0.1) is 0 Å². The highest BCUT2D eigenvalue weighted by Gasteiger charge is 2.21. The van der Waals surface area contributed by atoms with Gasteiger partial charge in [-0.1, -0.05) is 18.5 Å². The molecular formula is C23H19ClFN3O3. The Balaban J connectivity index is 1.60. The van der Waals surface area contributed by atoms with Gasteiger partial charge >= 0.3 is 0 Å². The monoisotopic (exact) mass is 439 g/mol. The molecule has 158 valence electrons. The first-order valence-corrected chi connectivity index (χ1v) is 10.2. The average Bonchev–Trinajstić information content (AvgIpc) is 3.23. The lowest BCUT2D eigenvalue weighted by Crippen LogP contribution is -2.32. The fourth-order valence-corrected chi connectivity index (χ4v) is 3.48. The van der Waals surface area contributed by atoms with Gasteiger partial charge in [-0.05, 0) is 61.0 Å². The summed E-state index contributed by atoms with van der Waals surface area (Å²) < 4.78 is 18.9. The summed E-state index contributed by atoms with van der Waals surface area (Å²) in [5.41, 5.74) is 0.837. The Bertz CT molecular complexity index is 1300. The molecule has 0 spiro atoms. The number of H-pyrrole nitrogens is 1. The lowest BCUT2D eigenvalue weighted by atomic mass is 10.2. The third-order valence-electron chi connectivity index (χ3n) is 4.78. The zero-order valence-corrected chi connectivity index (χ0v) is 17.4. The van der Waals surface area contributed by atoms with Crippen LogP contribution in [0.4, 0.5) is 4.39 Å². The molecule has 0 aliphatic heterocycles. The van der Waals surface area contributed by atoms with Gasteiger partial charge in [0.2, 0.25) is 0 Å². The second-order valence-electron chi connectivity index (χ2n) is 7.07. The van der Waals surface area contributed by atoms with Crippen molar-refractivity contribution in [2.24, 2.45) is 0 Å². The molecule has 2 heterocycles. The van der Waals surface area contributed by atoms with E-state index in [4.69, 9.17) is 16.0 Å². The van der Waals surface area contributed by atoms with Crippen LogP contribution in [0.25, 0.3) is 22.2 Å². The van der Waals surface area contributed by atoms with Crippen molar-refractivity contribution >= 4 is 28.4 Å². The highest BCUT2D eigenvalue weighted by molar-refractivity contribution is 6.31. The molecule has 31 heavy (non-hydrogen) atoms. The molecule has 0 radical (unpaired) electrons. The Morgan fingerprint density at radius 2 is 1.94 bits per heavy atom. The Labute approximate surface area is 182 Å². The molecule has 4 rings (SSSR count). The number of hydrogen-bond donors (Lipinski definition) is 1. The Hall–Kier alpha value is -3.45. The summed E-state index contributed by atoms with van der Waals surface area (Å²) >= 11 is 6.02. The van der Waals surface area contributed by atoms with E-state index in [1.165, 1.54) is 12.1 Å². The van der Waals surface area contributed by atoms with Crippen LogP contribution in [0.2, 0.25) is 5.02 Å². The van der Waals surface area contributed by atoms with E-state index in [-0.39, 0.29) is 29.6 Å². The third kappa shape index (κ3) is 4.51. The lowest BCUT2D eigenvalue weighted by Gasteiger charge is -2.20. The number of aromatic amines is 1. The van der Waals surface area contributed by atoms with Crippen LogP contribution in [0, 0.1) is 5.82 Å². The van der Waals surface area contributed by atoms with E-state index in [2.05, 4.69) is 9.97 Å². The van der Waals surface area contributed by atoms with E-state index < -0.39 is 0 Å². The Morgan fingerprint density at radius 3 is 2.68 bits per heavy atom. The van der Waals surface area contributed by atoms with Gasteiger partial charge in [0, 0.05) is 17.1 Å². The van der Waals surface area contributed by atoms with E-state index in [0.29, 0.717) is 46.0 Å². The smallest absolute Gasteiger partial charge is 0.289 e. The molecule has 0 aliphatic rings. The molecular weight excluding hydrogens is 421 g/mol. The predicted octanol–water partition coefficient (Wildman–Crippen LogP) is 5.03. The van der Waals surface area contributed by atoms with Gasteiger partial charge in [0.1, 0.15) is 17.4 Å². The molecule has 8 heteroatoms. The van der Waals surface area contributed by atoms with Gasteiger partial charge in [0.05, 0.1) is 17.4 Å². The fourth-order valence-electron chi connectivity index (χ4n) is 3.32. The molecule has 2 aromatic heterocycles. The summed E-state index contributed by atoms with van der Waals surface area (Å²) in [6.45, 7) is 2.50. The second kappa shape index (κ2) is 8.73. The molecule has 0 unspecified atom stereocenters. The largest absolute Gasteiger partial charge is 0.451 e. The zero-order chi connectivity index (χ0) is 22.0. The molecule has 4 aromatic rings. The minimum Gasteiger partial charge on any atom is -0.451 e. The number of fused-ring (bicyclic) bond motifs is 1. The predicted molar refractivity (Wildman–Crippen MR) is 117 cm³/mol. The summed E-state index contributed by atoms with van der Waals surface area (Å²) in [5.74, 6) is 0.292. The summed E-state index contributed by atoms with van der Waals surface area (Å²) in [4.78, 5) is 34.2. The maximum absolute atomic E-state index is 13.2. The van der Waals surface area contributed by atoms with Gasteiger partial charge < -0.3 is 14.3 Å². The number of carbonyl (C=O) groups excluding carboxylic acids is 1. The fraction of sp³-hybridized carbons (Fsp3) is 0.174. The minimum absolute atomic E-state index is 0.108. The van der Waals surface area contributed by atoms with Crippen molar-refractivity contribution in [1.29, 1.82) is 0 Å². The molecule has 0 saturated carbocycles. The summed E-state index contributed by atoms with van der Waals surface area (Å²) in [6.07, 6.45) is 0.709. The zero-order valence-electron chi connectivity index (χ0n) is 16.7. The first kappa shape index (κ1) is 20.8. The van der Waals surface area contributed by atoms with Gasteiger partial charge in [0.25, 0.3) is 11.5 Å². The number of furan rings is 1. The highest BCUT2D eigenvalue weighted by atomic mass is 35.5. The number of nitrogens with zero attached hydrogens (tertiary/aromatic N) is 2. The number of carbonyl (C=O) groups is 1. The SMILES string of the molecule is CCCN(Cc1nc2cc(Cl)ccc2c(=O)[nH]1)C(=O)c1ccc(-c2ccc(F)cc2)o1. The topological polar surface area (TPSA) is 79.2 Å². The minimum atomic E-state index is -0.348. The molecule has 0 aliphatic carbocycles. The molecule has 0 bridgehead atoms. The standard InChI is InChI=1S/C23H19ClFN3O3/c1-2-11-28(13-21-26-18-12-15(24)5-8-17(18)22(29)27-21)23(30)20-10-9-19(31-20)14-3-6-16(25)7-4-14/h3-10,12H,2,11,13H2,1H3,(H,26,27,29). The maximum Gasteiger partial charge on any atom is 0.289 e. The van der Waals surface area contributed by atoms with Crippen LogP contribution in [-0.4, -0.2) is 27.3 Å². The van der Waals surface area contributed by atoms with E-state index in [1.54, 1.807) is 47.4 Å². The number of nitrogens with one attached hydrogen (secondary N) is 1. The van der Waals surface area contributed by atoms with Crippen LogP contribution in [0.5, 0.6) is 0 Å². The first-order valence-electron chi connectivity index (χ1n) is 9.78. The van der Waals surface area contributed by atoms with Crippen molar-refractivity contribution in [1.82, 2.24) is 14.9 Å². The Morgan fingerprint density at radius 1 is 1.16 bits per heavy atom. The first-order chi connectivity index (χ1) is 14.9. The number of aromatic nitrogens is 2. The summed E-state index contributed by atoms with van der Waals surface area (Å²) in [5, 5.41) is 0.901. The van der Waals surface area contributed by atoms with Gasteiger partial charge in [-0.3, -0.25) is 9.59 Å². The van der Waals surface area contributed by atoms with Crippen LogP contribution in [0.3, 0.4) is 0 Å². The maximum atomic E-state index is 13.2. The van der Waals surface area contributed by atoms with E-state index in [1.807, 2.05) is 6.92 Å². The molecule has 1 amide bonds. The molecule has 0 saturated heterocycles. The second-order valence-corrected chi connectivity index (χ2v) is 7.51. The summed E-state index contributed by atoms with van der Waals surface area (Å²) in [7, 11) is 0. The average molecular weight is 440 g/mol. The third-order valence-corrected chi connectivity index (χ3v) is 5.02. The molecule has 0 atom stereocenters. The highest BCUT2D eigenvalue weighted by Crippen LogP contribution is 2.24. The van der Waals surface area contributed by atoms with Gasteiger partial charge in [-0.2, -0.15) is 0 Å². The van der Waals surface area contributed by atoms with Crippen molar-refractivity contribution in [3.63, 3.8) is 0 Å². The van der Waals surface area contributed by atoms with Crippen LogP contribution >= 0.6 is 11.6 Å².